The topological polar surface area (TPSA) is 12.5 Å². The fraction of sp³-hybridized carbons (Fsp3) is 1.00. The number of hydrogen-bond donors (Lipinski definition) is 0. The van der Waals surface area contributed by atoms with Crippen molar-refractivity contribution < 1.29 is 4.74 Å². The zero-order valence-corrected chi connectivity index (χ0v) is 6.48. The van der Waals surface area contributed by atoms with Gasteiger partial charge in [-0.3, -0.25) is 0 Å². The fourth-order valence-electron chi connectivity index (χ4n) is 1.32. The lowest BCUT2D eigenvalue weighted by molar-refractivity contribution is 0.0168. The minimum atomic E-state index is 0.134. The normalized spacial score (nSPS) is 37.7. The second kappa shape index (κ2) is 2.27. The average molecular weight is 129 g/mol. The van der Waals surface area contributed by atoms with Crippen LogP contribution in [-0.2, 0) is 4.74 Å². The van der Waals surface area contributed by atoms with Crippen LogP contribution in [0.3, 0.4) is 0 Å². The summed E-state index contributed by atoms with van der Waals surface area (Å²) in [4.78, 5) is 2.30. The van der Waals surface area contributed by atoms with Crippen LogP contribution in [0.4, 0.5) is 0 Å². The molecule has 0 bridgehead atoms. The van der Waals surface area contributed by atoms with Gasteiger partial charge in [0.15, 0.2) is 0 Å². The lowest BCUT2D eigenvalue weighted by Crippen LogP contribution is -2.30. The molecule has 2 heteroatoms. The molecule has 1 heterocycles. The lowest BCUT2D eigenvalue weighted by atomic mass is 10.1. The Balaban J connectivity index is 2.45. The van der Waals surface area contributed by atoms with Gasteiger partial charge in [0.1, 0.15) is 0 Å². The first kappa shape index (κ1) is 7.03. The Morgan fingerprint density at radius 1 is 1.56 bits per heavy atom. The Morgan fingerprint density at radius 2 is 2.22 bits per heavy atom. The van der Waals surface area contributed by atoms with Gasteiger partial charge < -0.3 is 9.64 Å². The summed E-state index contributed by atoms with van der Waals surface area (Å²) in [6.45, 7) is 4.41. The van der Waals surface area contributed by atoms with Crippen LogP contribution in [0.15, 0.2) is 0 Å². The molecule has 0 amide bonds. The Kier molecular flexibility index (Phi) is 1.78. The number of likely N-dealkylation sites (N-methyl/N-ethyl adjacent to an activating group) is 1. The Hall–Kier alpha value is -0.0800. The molecule has 1 atom stereocenters. The van der Waals surface area contributed by atoms with Gasteiger partial charge in [-0.25, -0.2) is 0 Å². The summed E-state index contributed by atoms with van der Waals surface area (Å²) in [6, 6.07) is 0. The molecule has 0 aromatic rings. The van der Waals surface area contributed by atoms with Crippen molar-refractivity contribution in [3.8, 4) is 0 Å². The van der Waals surface area contributed by atoms with Crippen molar-refractivity contribution in [3.63, 3.8) is 0 Å². The quantitative estimate of drug-likeness (QED) is 0.517. The van der Waals surface area contributed by atoms with E-state index in [0.717, 1.165) is 6.54 Å². The smallest absolute Gasteiger partial charge is 0.0789 e. The predicted octanol–water partition coefficient (Wildman–Crippen LogP) is 0.727. The van der Waals surface area contributed by atoms with Crippen LogP contribution in [0.2, 0.25) is 0 Å². The summed E-state index contributed by atoms with van der Waals surface area (Å²) < 4.78 is 5.33. The summed E-state index contributed by atoms with van der Waals surface area (Å²) in [5, 5.41) is 0. The molecule has 0 aromatic heterocycles. The van der Waals surface area contributed by atoms with Gasteiger partial charge >= 0.3 is 0 Å². The van der Waals surface area contributed by atoms with Gasteiger partial charge in [-0.15, -0.1) is 0 Å². The lowest BCUT2D eigenvalue weighted by Gasteiger charge is -2.21. The number of rotatable bonds is 1. The highest BCUT2D eigenvalue weighted by Gasteiger charge is 2.31. The van der Waals surface area contributed by atoms with E-state index in [0.29, 0.717) is 0 Å². The minimum absolute atomic E-state index is 0.134. The van der Waals surface area contributed by atoms with Crippen LogP contribution in [0.5, 0.6) is 0 Å². The van der Waals surface area contributed by atoms with E-state index in [1.54, 1.807) is 7.11 Å². The summed E-state index contributed by atoms with van der Waals surface area (Å²) in [5.74, 6) is 0. The predicted molar refractivity (Wildman–Crippen MR) is 37.5 cm³/mol. The van der Waals surface area contributed by atoms with Gasteiger partial charge in [0.05, 0.1) is 5.60 Å². The third kappa shape index (κ3) is 1.43. The summed E-state index contributed by atoms with van der Waals surface area (Å²) in [7, 11) is 3.92. The van der Waals surface area contributed by atoms with E-state index in [-0.39, 0.29) is 5.60 Å². The first-order chi connectivity index (χ1) is 4.16. The summed E-state index contributed by atoms with van der Waals surface area (Å²) in [6.07, 6.45) is 1.17. The van der Waals surface area contributed by atoms with Crippen molar-refractivity contribution in [1.82, 2.24) is 4.90 Å². The number of likely N-dealkylation sites (tertiary alicyclic amines) is 1. The highest BCUT2D eigenvalue weighted by Crippen LogP contribution is 2.21. The molecule has 1 fully saturated rings. The summed E-state index contributed by atoms with van der Waals surface area (Å²) >= 11 is 0. The third-order valence-corrected chi connectivity index (χ3v) is 2.12. The van der Waals surface area contributed by atoms with E-state index >= 15 is 0 Å². The summed E-state index contributed by atoms with van der Waals surface area (Å²) in [5.41, 5.74) is 0.134. The monoisotopic (exact) mass is 129 g/mol. The van der Waals surface area contributed by atoms with Crippen LogP contribution in [0.1, 0.15) is 13.3 Å². The molecule has 9 heavy (non-hydrogen) atoms. The molecule has 0 saturated carbocycles. The fourth-order valence-corrected chi connectivity index (χ4v) is 1.32. The maximum Gasteiger partial charge on any atom is 0.0789 e. The molecule has 0 unspecified atom stereocenters. The second-order valence-corrected chi connectivity index (χ2v) is 3.14. The third-order valence-electron chi connectivity index (χ3n) is 2.12. The van der Waals surface area contributed by atoms with Gasteiger partial charge in [0.2, 0.25) is 0 Å². The van der Waals surface area contributed by atoms with Crippen LogP contribution in [0.25, 0.3) is 0 Å². The highest BCUT2D eigenvalue weighted by molar-refractivity contribution is 4.85. The maximum absolute atomic E-state index is 5.33. The first-order valence-electron chi connectivity index (χ1n) is 3.40. The van der Waals surface area contributed by atoms with Crippen molar-refractivity contribution in [2.45, 2.75) is 18.9 Å². The molecular weight excluding hydrogens is 114 g/mol. The Bertz CT molecular complexity index is 105. The van der Waals surface area contributed by atoms with Gasteiger partial charge in [0, 0.05) is 20.2 Å². The van der Waals surface area contributed by atoms with Gasteiger partial charge in [-0.05, 0) is 20.4 Å². The minimum Gasteiger partial charge on any atom is -0.377 e. The van der Waals surface area contributed by atoms with E-state index in [4.69, 9.17) is 4.74 Å². The Morgan fingerprint density at radius 3 is 2.44 bits per heavy atom. The first-order valence-corrected chi connectivity index (χ1v) is 3.40. The maximum atomic E-state index is 5.33. The molecule has 1 aliphatic heterocycles. The molecule has 54 valence electrons. The van der Waals surface area contributed by atoms with E-state index in [1.165, 1.54) is 13.0 Å². The molecule has 1 rings (SSSR count). The van der Waals surface area contributed by atoms with Crippen molar-refractivity contribution in [2.24, 2.45) is 0 Å². The van der Waals surface area contributed by atoms with Crippen LogP contribution >= 0.6 is 0 Å². The number of methoxy groups -OCH3 is 1. The number of ether oxygens (including phenoxy) is 1. The van der Waals surface area contributed by atoms with Gasteiger partial charge in [-0.1, -0.05) is 0 Å². The molecular formula is C7H15NO. The van der Waals surface area contributed by atoms with Crippen molar-refractivity contribution in [3.05, 3.63) is 0 Å². The van der Waals surface area contributed by atoms with Crippen LogP contribution < -0.4 is 0 Å². The number of nitrogens with zero attached hydrogens (tertiary/aromatic N) is 1. The average Bonchev–Trinajstić information content (AvgIpc) is 2.13. The van der Waals surface area contributed by atoms with Gasteiger partial charge in [0.25, 0.3) is 0 Å². The van der Waals surface area contributed by atoms with Crippen LogP contribution in [-0.4, -0.2) is 37.7 Å². The highest BCUT2D eigenvalue weighted by atomic mass is 16.5. The zero-order chi connectivity index (χ0) is 6.91. The molecule has 1 aliphatic rings. The van der Waals surface area contributed by atoms with E-state index in [2.05, 4.69) is 18.9 Å². The molecule has 0 spiro atoms. The SMILES string of the molecule is CO[C@@]1(C)CCN(C)C1. The molecule has 0 N–H and O–H groups in total. The molecule has 0 aromatic carbocycles. The van der Waals surface area contributed by atoms with Crippen molar-refractivity contribution in [2.75, 3.05) is 27.2 Å². The molecule has 2 nitrogen and oxygen atoms in total. The Labute approximate surface area is 56.8 Å². The van der Waals surface area contributed by atoms with E-state index < -0.39 is 0 Å². The van der Waals surface area contributed by atoms with Crippen LogP contribution in [0, 0.1) is 0 Å². The number of hydrogen-bond acceptors (Lipinski definition) is 2. The van der Waals surface area contributed by atoms with E-state index in [1.807, 2.05) is 0 Å². The second-order valence-electron chi connectivity index (χ2n) is 3.14. The molecule has 1 saturated heterocycles. The van der Waals surface area contributed by atoms with Gasteiger partial charge in [-0.2, -0.15) is 0 Å². The van der Waals surface area contributed by atoms with Crippen molar-refractivity contribution in [1.29, 1.82) is 0 Å². The molecule has 0 aliphatic carbocycles. The van der Waals surface area contributed by atoms with Crippen molar-refractivity contribution >= 4 is 0 Å². The molecule has 0 radical (unpaired) electrons. The van der Waals surface area contributed by atoms with E-state index in [9.17, 15) is 0 Å². The zero-order valence-electron chi connectivity index (χ0n) is 6.48. The largest absolute Gasteiger partial charge is 0.377 e. The standard InChI is InChI=1S/C7H15NO/c1-7(9-3)4-5-8(2)6-7/h4-6H2,1-3H3/t7-/m0/s1.